The van der Waals surface area contributed by atoms with Crippen molar-refractivity contribution in [1.29, 1.82) is 0 Å². The number of carbonyl (C=O) groups is 1. The fourth-order valence-corrected chi connectivity index (χ4v) is 3.70. The maximum atomic E-state index is 12.7. The van der Waals surface area contributed by atoms with Gasteiger partial charge in [-0.3, -0.25) is 4.90 Å². The molecular formula is C20H28F3N7O3. The Morgan fingerprint density at radius 1 is 1.24 bits per heavy atom. The van der Waals surface area contributed by atoms with Gasteiger partial charge in [0.2, 0.25) is 5.95 Å². The van der Waals surface area contributed by atoms with Crippen molar-refractivity contribution in [3.05, 3.63) is 29.6 Å². The van der Waals surface area contributed by atoms with Crippen LogP contribution in [0, 0.1) is 0 Å². The van der Waals surface area contributed by atoms with Crippen LogP contribution >= 0.6 is 0 Å². The van der Waals surface area contributed by atoms with Crippen molar-refractivity contribution in [3.8, 4) is 0 Å². The van der Waals surface area contributed by atoms with Gasteiger partial charge in [0.05, 0.1) is 31.3 Å². The van der Waals surface area contributed by atoms with Gasteiger partial charge in [0.15, 0.2) is 5.82 Å². The molecule has 0 aromatic carbocycles. The van der Waals surface area contributed by atoms with Gasteiger partial charge in [-0.05, 0) is 27.2 Å². The zero-order valence-electron chi connectivity index (χ0n) is 19.0. The summed E-state index contributed by atoms with van der Waals surface area (Å²) in [6.45, 7) is 8.97. The summed E-state index contributed by atoms with van der Waals surface area (Å²) in [6.07, 6.45) is -3.36. The molecule has 182 valence electrons. The molecule has 0 bridgehead atoms. The van der Waals surface area contributed by atoms with Crippen LogP contribution in [0.25, 0.3) is 0 Å². The van der Waals surface area contributed by atoms with E-state index in [2.05, 4.69) is 20.1 Å². The van der Waals surface area contributed by atoms with E-state index in [1.165, 1.54) is 4.90 Å². The highest BCUT2D eigenvalue weighted by Crippen LogP contribution is 2.28. The molecule has 2 aromatic rings. The second-order valence-corrected chi connectivity index (χ2v) is 8.76. The third kappa shape index (κ3) is 5.89. The second kappa shape index (κ2) is 9.49. The van der Waals surface area contributed by atoms with Crippen LogP contribution in [-0.4, -0.2) is 65.6 Å². The molecule has 0 fully saturated rings. The average molecular weight is 471 g/mol. The van der Waals surface area contributed by atoms with E-state index in [4.69, 9.17) is 4.74 Å². The molecular weight excluding hydrogens is 443 g/mol. The minimum atomic E-state index is -4.49. The van der Waals surface area contributed by atoms with Crippen molar-refractivity contribution in [2.24, 2.45) is 0 Å². The maximum absolute atomic E-state index is 12.7. The van der Waals surface area contributed by atoms with Crippen LogP contribution < -0.4 is 4.90 Å². The summed E-state index contributed by atoms with van der Waals surface area (Å²) >= 11 is 0. The minimum absolute atomic E-state index is 0.116. The van der Waals surface area contributed by atoms with Gasteiger partial charge in [-0.2, -0.15) is 18.3 Å². The molecule has 3 heterocycles. The molecule has 3 rings (SSSR count). The molecule has 1 atom stereocenters. The molecule has 0 saturated heterocycles. The number of nitrogens with zero attached hydrogens (tertiary/aromatic N) is 7. The lowest BCUT2D eigenvalue weighted by molar-refractivity contribution is -0.138. The van der Waals surface area contributed by atoms with Gasteiger partial charge in [-0.15, -0.1) is 0 Å². The Hall–Kier alpha value is -2.96. The third-order valence-electron chi connectivity index (χ3n) is 5.26. The van der Waals surface area contributed by atoms with E-state index < -0.39 is 23.4 Å². The molecule has 1 N–H and O–H groups in total. The van der Waals surface area contributed by atoms with Crippen molar-refractivity contribution in [3.63, 3.8) is 0 Å². The van der Waals surface area contributed by atoms with Crippen molar-refractivity contribution < 1.29 is 27.8 Å². The molecule has 33 heavy (non-hydrogen) atoms. The summed E-state index contributed by atoms with van der Waals surface area (Å²) < 4.78 is 45.6. The SMILES string of the molecule is CC[C@@H](COCc1nc2n(n1)CCN(c1ncc(C(F)(F)F)cn1)C2)N(C(=O)O)C(C)(C)C. The van der Waals surface area contributed by atoms with Crippen molar-refractivity contribution >= 4 is 12.0 Å². The van der Waals surface area contributed by atoms with Crippen LogP contribution in [0.1, 0.15) is 51.3 Å². The molecule has 0 spiro atoms. The number of alkyl halides is 3. The minimum Gasteiger partial charge on any atom is -0.465 e. The van der Waals surface area contributed by atoms with E-state index in [9.17, 15) is 23.1 Å². The van der Waals surface area contributed by atoms with Crippen molar-refractivity contribution in [2.45, 2.75) is 71.6 Å². The van der Waals surface area contributed by atoms with Crippen LogP contribution in [0.4, 0.5) is 23.9 Å². The van der Waals surface area contributed by atoms with E-state index in [1.54, 1.807) is 9.58 Å². The molecule has 10 nitrogen and oxygen atoms in total. The summed E-state index contributed by atoms with van der Waals surface area (Å²) in [5.74, 6) is 1.27. The topological polar surface area (TPSA) is 110 Å². The Kier molecular flexibility index (Phi) is 7.10. The maximum Gasteiger partial charge on any atom is 0.419 e. The first-order valence-electron chi connectivity index (χ1n) is 10.6. The van der Waals surface area contributed by atoms with E-state index in [-0.39, 0.29) is 25.2 Å². The number of fused-ring (bicyclic) bond motifs is 1. The van der Waals surface area contributed by atoms with Gasteiger partial charge in [0, 0.05) is 24.5 Å². The zero-order valence-corrected chi connectivity index (χ0v) is 19.0. The highest BCUT2D eigenvalue weighted by molar-refractivity contribution is 5.66. The molecule has 0 aliphatic carbocycles. The molecule has 1 amide bonds. The fourth-order valence-electron chi connectivity index (χ4n) is 3.70. The van der Waals surface area contributed by atoms with Crippen LogP contribution in [0.15, 0.2) is 12.4 Å². The Morgan fingerprint density at radius 2 is 1.91 bits per heavy atom. The standard InChI is InChI=1S/C20H28F3N7O3/c1-5-14(30(18(31)32)19(2,3)4)11-33-12-15-26-16-10-28(6-7-29(16)27-15)17-24-8-13(9-25-17)20(21,22)23/h8-9,14H,5-7,10-12H2,1-4H3,(H,31,32)/t14-/m0/s1. The number of amides is 1. The first-order chi connectivity index (χ1) is 15.4. The van der Waals surface area contributed by atoms with Crippen LogP contribution in [-0.2, 0) is 30.6 Å². The first-order valence-corrected chi connectivity index (χ1v) is 10.6. The second-order valence-electron chi connectivity index (χ2n) is 8.76. The van der Waals surface area contributed by atoms with Crippen LogP contribution in [0.3, 0.4) is 0 Å². The van der Waals surface area contributed by atoms with Crippen molar-refractivity contribution in [2.75, 3.05) is 18.1 Å². The zero-order chi connectivity index (χ0) is 24.4. The van der Waals surface area contributed by atoms with Gasteiger partial charge in [-0.1, -0.05) is 6.92 Å². The first kappa shape index (κ1) is 24.7. The number of hydrogen-bond donors (Lipinski definition) is 1. The monoisotopic (exact) mass is 471 g/mol. The van der Waals surface area contributed by atoms with Gasteiger partial charge in [-0.25, -0.2) is 24.4 Å². The number of aromatic nitrogens is 5. The molecule has 0 radical (unpaired) electrons. The molecule has 0 saturated carbocycles. The third-order valence-corrected chi connectivity index (χ3v) is 5.26. The Morgan fingerprint density at radius 3 is 2.45 bits per heavy atom. The quantitative estimate of drug-likeness (QED) is 0.656. The Balaban J connectivity index is 1.60. The summed E-state index contributed by atoms with van der Waals surface area (Å²) in [7, 11) is 0. The van der Waals surface area contributed by atoms with Crippen molar-refractivity contribution in [1.82, 2.24) is 29.6 Å². The van der Waals surface area contributed by atoms with Crippen LogP contribution in [0.2, 0.25) is 0 Å². The summed E-state index contributed by atoms with van der Waals surface area (Å²) in [5, 5.41) is 14.0. The lowest BCUT2D eigenvalue weighted by Gasteiger charge is -2.39. The predicted octanol–water partition coefficient (Wildman–Crippen LogP) is 3.18. The largest absolute Gasteiger partial charge is 0.465 e. The lowest BCUT2D eigenvalue weighted by Crippen LogP contribution is -2.52. The van der Waals surface area contributed by atoms with Gasteiger partial charge in [0.25, 0.3) is 0 Å². The highest BCUT2D eigenvalue weighted by atomic mass is 19.4. The number of carboxylic acid groups (broad SMARTS) is 1. The Bertz CT molecular complexity index is 957. The van der Waals surface area contributed by atoms with Gasteiger partial charge < -0.3 is 14.7 Å². The average Bonchev–Trinajstić information content (AvgIpc) is 3.13. The van der Waals surface area contributed by atoms with E-state index in [0.29, 0.717) is 37.7 Å². The molecule has 2 aromatic heterocycles. The lowest BCUT2D eigenvalue weighted by atomic mass is 10.0. The smallest absolute Gasteiger partial charge is 0.419 e. The van der Waals surface area contributed by atoms with Crippen LogP contribution in [0.5, 0.6) is 0 Å². The number of ether oxygens (including phenoxy) is 1. The summed E-state index contributed by atoms with van der Waals surface area (Å²) in [6, 6.07) is -0.313. The molecule has 0 unspecified atom stereocenters. The Labute approximate surface area is 189 Å². The summed E-state index contributed by atoms with van der Waals surface area (Å²) in [5.41, 5.74) is -1.46. The fraction of sp³-hybridized carbons (Fsp3) is 0.650. The predicted molar refractivity (Wildman–Crippen MR) is 111 cm³/mol. The molecule has 1 aliphatic heterocycles. The van der Waals surface area contributed by atoms with E-state index >= 15 is 0 Å². The van der Waals surface area contributed by atoms with E-state index in [1.807, 2.05) is 27.7 Å². The van der Waals surface area contributed by atoms with E-state index in [0.717, 1.165) is 12.4 Å². The molecule has 13 heteroatoms. The van der Waals surface area contributed by atoms with Gasteiger partial charge in [0.1, 0.15) is 12.4 Å². The number of hydrogen-bond acceptors (Lipinski definition) is 7. The number of anilines is 1. The molecule has 1 aliphatic rings. The normalized spacial score (nSPS) is 15.3. The number of rotatable bonds is 7. The number of halogens is 3. The van der Waals surface area contributed by atoms with Gasteiger partial charge >= 0.3 is 12.3 Å². The highest BCUT2D eigenvalue weighted by Gasteiger charge is 2.33. The summed E-state index contributed by atoms with van der Waals surface area (Å²) in [4.78, 5) is 27.0.